The maximum absolute atomic E-state index is 10.1. The molecule has 0 rings (SSSR count). The Morgan fingerprint density at radius 3 is 2.31 bits per heavy atom. The summed E-state index contributed by atoms with van der Waals surface area (Å²) in [4.78, 5) is 0. The van der Waals surface area contributed by atoms with Crippen molar-refractivity contribution in [1.82, 2.24) is 0 Å². The standard InChI is InChI=1S/C12H24O3S/c1-2-3-4-5-6-7-8-9-10-11-12-15-16(13)14/h3-4H,2,5-12H2,1H3,(H,13,14)/b4-3+. The summed E-state index contributed by atoms with van der Waals surface area (Å²) in [5.74, 6) is 0. The van der Waals surface area contributed by atoms with Crippen LogP contribution in [0.5, 0.6) is 0 Å². The van der Waals surface area contributed by atoms with E-state index in [9.17, 15) is 4.21 Å². The van der Waals surface area contributed by atoms with Gasteiger partial charge < -0.3 is 0 Å². The molecule has 0 saturated carbocycles. The lowest BCUT2D eigenvalue weighted by molar-refractivity contribution is 0.296. The third kappa shape index (κ3) is 13.8. The Hall–Kier alpha value is -0.190. The maximum Gasteiger partial charge on any atom is 0.301 e. The molecular weight excluding hydrogens is 224 g/mol. The zero-order chi connectivity index (χ0) is 12.1. The van der Waals surface area contributed by atoms with Gasteiger partial charge in [0.25, 0.3) is 0 Å². The van der Waals surface area contributed by atoms with Crippen molar-refractivity contribution in [3.63, 3.8) is 0 Å². The van der Waals surface area contributed by atoms with Crippen LogP contribution in [0.15, 0.2) is 12.2 Å². The fourth-order valence-corrected chi connectivity index (χ4v) is 1.75. The Kier molecular flexibility index (Phi) is 12.7. The van der Waals surface area contributed by atoms with E-state index in [2.05, 4.69) is 23.3 Å². The van der Waals surface area contributed by atoms with Crippen LogP contribution in [0, 0.1) is 0 Å². The second kappa shape index (κ2) is 12.9. The van der Waals surface area contributed by atoms with Gasteiger partial charge in [0.1, 0.15) is 0 Å². The van der Waals surface area contributed by atoms with Gasteiger partial charge in [-0.05, 0) is 25.7 Å². The molecule has 96 valence electrons. The second-order valence-electron chi connectivity index (χ2n) is 3.83. The minimum absolute atomic E-state index is 0.391. The van der Waals surface area contributed by atoms with E-state index in [0.717, 1.165) is 19.3 Å². The van der Waals surface area contributed by atoms with Gasteiger partial charge in [0, 0.05) is 0 Å². The molecule has 16 heavy (non-hydrogen) atoms. The first-order chi connectivity index (χ1) is 7.77. The quantitative estimate of drug-likeness (QED) is 0.343. The highest BCUT2D eigenvalue weighted by molar-refractivity contribution is 7.74. The normalized spacial score (nSPS) is 13.4. The Bertz CT molecular complexity index is 193. The van der Waals surface area contributed by atoms with Crippen LogP contribution in [0.2, 0.25) is 0 Å². The van der Waals surface area contributed by atoms with Crippen molar-refractivity contribution in [2.24, 2.45) is 0 Å². The molecule has 1 N–H and O–H groups in total. The molecule has 0 aliphatic carbocycles. The fourth-order valence-electron chi connectivity index (χ4n) is 1.49. The Labute approximate surface area is 102 Å². The van der Waals surface area contributed by atoms with E-state index in [1.807, 2.05) is 0 Å². The van der Waals surface area contributed by atoms with Gasteiger partial charge in [-0.25, -0.2) is 0 Å². The highest BCUT2D eigenvalue weighted by Crippen LogP contribution is 2.07. The number of hydrogen-bond acceptors (Lipinski definition) is 2. The monoisotopic (exact) mass is 248 g/mol. The smallest absolute Gasteiger partial charge is 0.284 e. The molecule has 0 spiro atoms. The van der Waals surface area contributed by atoms with Crippen molar-refractivity contribution < 1.29 is 12.9 Å². The SMILES string of the molecule is CC/C=C/CCCCCCCCOS(=O)O. The first kappa shape index (κ1) is 15.8. The molecule has 0 aliphatic rings. The molecule has 0 fully saturated rings. The van der Waals surface area contributed by atoms with Crippen molar-refractivity contribution in [3.05, 3.63) is 12.2 Å². The minimum atomic E-state index is -2.09. The van der Waals surface area contributed by atoms with E-state index in [4.69, 9.17) is 4.55 Å². The van der Waals surface area contributed by atoms with E-state index >= 15 is 0 Å². The van der Waals surface area contributed by atoms with E-state index in [0.29, 0.717) is 6.61 Å². The van der Waals surface area contributed by atoms with Crippen LogP contribution in [0.4, 0.5) is 0 Å². The number of rotatable bonds is 11. The van der Waals surface area contributed by atoms with E-state index in [1.165, 1.54) is 32.1 Å². The van der Waals surface area contributed by atoms with E-state index in [1.54, 1.807) is 0 Å². The summed E-state index contributed by atoms with van der Waals surface area (Å²) >= 11 is -2.09. The molecule has 1 unspecified atom stereocenters. The summed E-state index contributed by atoms with van der Waals surface area (Å²) < 4.78 is 23.0. The Morgan fingerprint density at radius 1 is 1.06 bits per heavy atom. The van der Waals surface area contributed by atoms with Crippen molar-refractivity contribution in [2.75, 3.05) is 6.61 Å². The lowest BCUT2D eigenvalue weighted by Gasteiger charge is -2.00. The Morgan fingerprint density at radius 2 is 1.69 bits per heavy atom. The molecule has 0 bridgehead atoms. The van der Waals surface area contributed by atoms with Crippen molar-refractivity contribution in [3.8, 4) is 0 Å². The van der Waals surface area contributed by atoms with Gasteiger partial charge in [-0.3, -0.25) is 8.74 Å². The molecule has 4 heteroatoms. The van der Waals surface area contributed by atoms with Crippen molar-refractivity contribution in [2.45, 2.75) is 58.3 Å². The Balaban J connectivity index is 2.98. The van der Waals surface area contributed by atoms with Crippen molar-refractivity contribution in [1.29, 1.82) is 0 Å². The summed E-state index contributed by atoms with van der Waals surface area (Å²) in [6.45, 7) is 2.54. The predicted octanol–water partition coefficient (Wildman–Crippen LogP) is 3.84. The molecule has 0 radical (unpaired) electrons. The first-order valence-electron chi connectivity index (χ1n) is 6.16. The summed E-state index contributed by atoms with van der Waals surface area (Å²) in [6, 6.07) is 0. The molecule has 0 aromatic rings. The molecule has 0 amide bonds. The van der Waals surface area contributed by atoms with Crippen LogP contribution in [-0.2, 0) is 15.5 Å². The summed E-state index contributed by atoms with van der Waals surface area (Å²) in [7, 11) is 0. The molecule has 0 heterocycles. The largest absolute Gasteiger partial charge is 0.301 e. The zero-order valence-electron chi connectivity index (χ0n) is 10.2. The van der Waals surface area contributed by atoms with Gasteiger partial charge in [-0.2, -0.15) is 4.21 Å². The molecular formula is C12H24O3S. The number of hydrogen-bond donors (Lipinski definition) is 1. The molecule has 0 aliphatic heterocycles. The van der Waals surface area contributed by atoms with Gasteiger partial charge in [0.2, 0.25) is 0 Å². The van der Waals surface area contributed by atoms with Crippen LogP contribution in [0.25, 0.3) is 0 Å². The van der Waals surface area contributed by atoms with Gasteiger partial charge >= 0.3 is 11.4 Å². The lowest BCUT2D eigenvalue weighted by atomic mass is 10.1. The van der Waals surface area contributed by atoms with Crippen LogP contribution >= 0.6 is 0 Å². The highest BCUT2D eigenvalue weighted by atomic mass is 32.2. The lowest BCUT2D eigenvalue weighted by Crippen LogP contribution is -1.97. The first-order valence-corrected chi connectivity index (χ1v) is 7.19. The van der Waals surface area contributed by atoms with Gasteiger partial charge in [0.15, 0.2) is 0 Å². The number of unbranched alkanes of at least 4 members (excludes halogenated alkanes) is 6. The van der Waals surface area contributed by atoms with Crippen LogP contribution in [0.3, 0.4) is 0 Å². The van der Waals surface area contributed by atoms with Crippen LogP contribution < -0.4 is 0 Å². The number of allylic oxidation sites excluding steroid dienone is 2. The summed E-state index contributed by atoms with van der Waals surface area (Å²) in [5.41, 5.74) is 0. The summed E-state index contributed by atoms with van der Waals surface area (Å²) in [6.07, 6.45) is 13.8. The van der Waals surface area contributed by atoms with Gasteiger partial charge in [0.05, 0.1) is 6.61 Å². The molecule has 0 saturated heterocycles. The topological polar surface area (TPSA) is 46.5 Å². The van der Waals surface area contributed by atoms with E-state index in [-0.39, 0.29) is 0 Å². The molecule has 0 aromatic carbocycles. The third-order valence-corrected chi connectivity index (χ3v) is 2.72. The average molecular weight is 248 g/mol. The predicted molar refractivity (Wildman–Crippen MR) is 68.5 cm³/mol. The van der Waals surface area contributed by atoms with E-state index < -0.39 is 11.4 Å². The fraction of sp³-hybridized carbons (Fsp3) is 0.833. The van der Waals surface area contributed by atoms with Crippen LogP contribution in [-0.4, -0.2) is 15.4 Å². The maximum atomic E-state index is 10.1. The third-order valence-electron chi connectivity index (χ3n) is 2.35. The van der Waals surface area contributed by atoms with Crippen LogP contribution in [0.1, 0.15) is 58.3 Å². The average Bonchev–Trinajstić information content (AvgIpc) is 2.25. The highest BCUT2D eigenvalue weighted by Gasteiger charge is 1.94. The second-order valence-corrected chi connectivity index (χ2v) is 4.50. The van der Waals surface area contributed by atoms with Crippen molar-refractivity contribution >= 4 is 11.4 Å². The minimum Gasteiger partial charge on any atom is -0.284 e. The van der Waals surface area contributed by atoms with Gasteiger partial charge in [-0.15, -0.1) is 0 Å². The summed E-state index contributed by atoms with van der Waals surface area (Å²) in [5, 5.41) is 0. The molecule has 1 atom stereocenters. The molecule has 0 aromatic heterocycles. The zero-order valence-corrected chi connectivity index (χ0v) is 11.0. The van der Waals surface area contributed by atoms with Gasteiger partial charge in [-0.1, -0.05) is 44.8 Å². The molecule has 3 nitrogen and oxygen atoms in total.